The number of hydrogen-bond donors (Lipinski definition) is 5. The molecule has 1 aliphatic heterocycles. The molecule has 210 valence electrons. The van der Waals surface area contributed by atoms with Gasteiger partial charge in [0.15, 0.2) is 17.5 Å². The molecule has 0 bridgehead atoms. The lowest BCUT2D eigenvalue weighted by Gasteiger charge is -2.39. The second-order valence-electron chi connectivity index (χ2n) is 9.21. The molecule has 3 aromatic heterocycles. The topological polar surface area (TPSA) is 178 Å². The lowest BCUT2D eigenvalue weighted by molar-refractivity contribution is -0.301. The molecule has 0 amide bonds. The predicted octanol–water partition coefficient (Wildman–Crippen LogP) is 1.97. The molecule has 12 nitrogen and oxygen atoms in total. The maximum Gasteiger partial charge on any atom is 0.247 e. The summed E-state index contributed by atoms with van der Waals surface area (Å²) in [6, 6.07) is 2.00. The van der Waals surface area contributed by atoms with Gasteiger partial charge in [0.05, 0.1) is 12.9 Å². The van der Waals surface area contributed by atoms with Crippen LogP contribution < -0.4 is 10.5 Å². The first-order valence-electron chi connectivity index (χ1n) is 12.6. The molecular weight excluding hydrogens is 582 g/mol. The van der Waals surface area contributed by atoms with Crippen molar-refractivity contribution in [1.29, 1.82) is 0 Å². The van der Waals surface area contributed by atoms with Crippen LogP contribution in [-0.4, -0.2) is 83.9 Å². The van der Waals surface area contributed by atoms with E-state index < -0.39 is 37.3 Å². The zero-order valence-corrected chi connectivity index (χ0v) is 23.3. The van der Waals surface area contributed by atoms with Gasteiger partial charge in [-0.25, -0.2) is 4.98 Å². The summed E-state index contributed by atoms with van der Waals surface area (Å²) in [7, 11) is 0. The molecule has 4 rings (SSSR count). The summed E-state index contributed by atoms with van der Waals surface area (Å²) >= 11 is 5.03. The quantitative estimate of drug-likeness (QED) is 0.167. The number of aliphatic hydroxyl groups excluding tert-OH is 4. The summed E-state index contributed by atoms with van der Waals surface area (Å²) in [4.78, 5) is 14.1. The van der Waals surface area contributed by atoms with Gasteiger partial charge in [-0.15, -0.1) is 11.3 Å². The first kappa shape index (κ1) is 29.1. The monoisotopic (exact) mass is 615 g/mol. The molecule has 38 heavy (non-hydrogen) atoms. The maximum atomic E-state index is 10.00. The molecule has 6 N–H and O–H groups in total. The number of aromatic nitrogens is 4. The highest BCUT2D eigenvalue weighted by Crippen LogP contribution is 2.26. The highest BCUT2D eigenvalue weighted by atomic mass is 79.9. The number of nitrogen functional groups attached to an aromatic ring is 1. The van der Waals surface area contributed by atoms with Gasteiger partial charge in [0.25, 0.3) is 0 Å². The van der Waals surface area contributed by atoms with Crippen LogP contribution in [-0.2, 0) is 22.6 Å². The summed E-state index contributed by atoms with van der Waals surface area (Å²) < 4.78 is 19.7. The van der Waals surface area contributed by atoms with Gasteiger partial charge in [0, 0.05) is 27.9 Å². The highest BCUT2D eigenvalue weighted by molar-refractivity contribution is 9.10. The first-order valence-corrected chi connectivity index (χ1v) is 14.3. The van der Waals surface area contributed by atoms with E-state index in [0.717, 1.165) is 54.4 Å². The van der Waals surface area contributed by atoms with Crippen LogP contribution in [0.15, 0.2) is 22.2 Å². The van der Waals surface area contributed by atoms with Crippen LogP contribution in [0.25, 0.3) is 11.2 Å². The van der Waals surface area contributed by atoms with Crippen LogP contribution in [0.3, 0.4) is 0 Å². The molecule has 0 spiro atoms. The number of imidazole rings is 1. The Morgan fingerprint density at radius 1 is 1.05 bits per heavy atom. The van der Waals surface area contributed by atoms with Gasteiger partial charge in [-0.3, -0.25) is 0 Å². The van der Waals surface area contributed by atoms with Gasteiger partial charge in [0.1, 0.15) is 31.0 Å². The van der Waals surface area contributed by atoms with Crippen molar-refractivity contribution in [3.63, 3.8) is 0 Å². The normalized spacial score (nSPS) is 23.8. The van der Waals surface area contributed by atoms with Crippen molar-refractivity contribution in [2.24, 2.45) is 0 Å². The van der Waals surface area contributed by atoms with E-state index in [1.807, 2.05) is 16.0 Å². The number of hydrogen-bond acceptors (Lipinski definition) is 12. The summed E-state index contributed by atoms with van der Waals surface area (Å²) in [6.07, 6.45) is 1.31. The van der Waals surface area contributed by atoms with Crippen molar-refractivity contribution in [3.8, 4) is 5.88 Å². The van der Waals surface area contributed by atoms with Crippen molar-refractivity contribution in [3.05, 3.63) is 27.1 Å². The van der Waals surface area contributed by atoms with Crippen molar-refractivity contribution in [2.75, 3.05) is 18.9 Å². The average molecular weight is 617 g/mol. The molecule has 14 heteroatoms. The molecule has 3 aromatic rings. The molecule has 0 radical (unpaired) electrons. The first-order chi connectivity index (χ1) is 18.4. The number of unbranched alkanes of at least 4 members (excludes halogenated alkanes) is 5. The molecule has 4 heterocycles. The van der Waals surface area contributed by atoms with Gasteiger partial charge in [-0.1, -0.05) is 25.7 Å². The minimum absolute atomic E-state index is 0.146. The van der Waals surface area contributed by atoms with Crippen molar-refractivity contribution in [2.45, 2.75) is 82.4 Å². The highest BCUT2D eigenvalue weighted by Gasteiger charge is 2.43. The van der Waals surface area contributed by atoms with Crippen molar-refractivity contribution < 1.29 is 34.6 Å². The molecule has 4 unspecified atom stereocenters. The number of halogens is 1. The number of aliphatic hydroxyl groups is 4. The fourth-order valence-electron chi connectivity index (χ4n) is 4.26. The third kappa shape index (κ3) is 7.39. The average Bonchev–Trinajstić information content (AvgIpc) is 3.51. The Morgan fingerprint density at radius 3 is 2.55 bits per heavy atom. The van der Waals surface area contributed by atoms with E-state index in [9.17, 15) is 20.4 Å². The molecular formula is C24H34BrN5O7S. The van der Waals surface area contributed by atoms with Gasteiger partial charge < -0.3 is 44.9 Å². The largest absolute Gasteiger partial charge is 0.470 e. The summed E-state index contributed by atoms with van der Waals surface area (Å²) in [5.74, 6) is 0.522. The number of nitrogens with two attached hydrogens (primary N) is 1. The zero-order valence-electron chi connectivity index (χ0n) is 20.9. The fourth-order valence-corrected chi connectivity index (χ4v) is 5.63. The summed E-state index contributed by atoms with van der Waals surface area (Å²) in [5, 5.41) is 40.9. The Hall–Kier alpha value is -1.91. The Bertz CT molecular complexity index is 1160. The van der Waals surface area contributed by atoms with Crippen LogP contribution in [0.2, 0.25) is 0 Å². The molecule has 0 saturated carbocycles. The van der Waals surface area contributed by atoms with Crippen LogP contribution in [0, 0.1) is 0 Å². The molecule has 1 fully saturated rings. The maximum absolute atomic E-state index is 10.00. The predicted molar refractivity (Wildman–Crippen MR) is 144 cm³/mol. The summed E-state index contributed by atoms with van der Waals surface area (Å²) in [5.41, 5.74) is 7.18. The van der Waals surface area contributed by atoms with Gasteiger partial charge in [-0.05, 0) is 34.8 Å². The van der Waals surface area contributed by atoms with E-state index in [1.54, 1.807) is 17.7 Å². The van der Waals surface area contributed by atoms with Crippen LogP contribution in [0.5, 0.6) is 5.88 Å². The van der Waals surface area contributed by atoms with Gasteiger partial charge in [0.2, 0.25) is 11.8 Å². The minimum Gasteiger partial charge on any atom is -0.470 e. The number of nitrogens with zero attached hydrogens (tertiary/aromatic N) is 4. The molecule has 0 aromatic carbocycles. The minimum atomic E-state index is -1.42. The second-order valence-corrected chi connectivity index (χ2v) is 11.1. The number of rotatable bonds is 14. The lowest BCUT2D eigenvalue weighted by Crippen LogP contribution is -2.59. The third-order valence-electron chi connectivity index (χ3n) is 6.35. The molecule has 5 atom stereocenters. The van der Waals surface area contributed by atoms with E-state index in [4.69, 9.17) is 19.9 Å². The standard InChI is InChI=1S/C24H34BrN5O7S/c25-14-9-15(38-12-14)11-36-22-17-21(28-24(26)29-22)30(13-27-17)7-5-3-1-2-4-6-8-35-23-20(34)19(33)18(32)16(10-31)37-23/h9,12-13,16,18-20,23,31-34H,1-8,10-11H2,(H2,26,28,29)/t16?,18-,19?,20?,23?/m1/s1. The number of ether oxygens (including phenoxy) is 3. The lowest BCUT2D eigenvalue weighted by atomic mass is 9.99. The van der Waals surface area contributed by atoms with Gasteiger partial charge in [-0.2, -0.15) is 9.97 Å². The fraction of sp³-hybridized carbons (Fsp3) is 0.625. The van der Waals surface area contributed by atoms with Gasteiger partial charge >= 0.3 is 0 Å². The van der Waals surface area contributed by atoms with E-state index in [1.165, 1.54) is 0 Å². The van der Waals surface area contributed by atoms with E-state index in [-0.39, 0.29) is 5.95 Å². The van der Waals surface area contributed by atoms with E-state index in [0.29, 0.717) is 30.3 Å². The number of thiophene rings is 1. The summed E-state index contributed by atoms with van der Waals surface area (Å²) in [6.45, 7) is 1.01. The van der Waals surface area contributed by atoms with Crippen molar-refractivity contribution >= 4 is 44.4 Å². The second kappa shape index (κ2) is 13.9. The Kier molecular flexibility index (Phi) is 10.7. The smallest absolute Gasteiger partial charge is 0.247 e. The SMILES string of the molecule is Nc1nc(OCc2cc(Br)cs2)c2ncn(CCCCCCCCOC3OC(CO)[C@@H](O)C(O)C3O)c2n1. The molecule has 0 aliphatic carbocycles. The van der Waals surface area contributed by atoms with E-state index >= 15 is 0 Å². The zero-order chi connectivity index (χ0) is 27.1. The Balaban J connectivity index is 1.14. The van der Waals surface area contributed by atoms with Crippen LogP contribution in [0.1, 0.15) is 43.4 Å². The third-order valence-corrected chi connectivity index (χ3v) is 8.02. The van der Waals surface area contributed by atoms with E-state index in [2.05, 4.69) is 30.9 Å². The van der Waals surface area contributed by atoms with Crippen LogP contribution >= 0.6 is 27.3 Å². The number of fused-ring (bicyclic) bond motifs is 1. The molecule has 1 aliphatic rings. The van der Waals surface area contributed by atoms with Crippen molar-refractivity contribution in [1.82, 2.24) is 19.5 Å². The Morgan fingerprint density at radius 2 is 1.82 bits per heavy atom. The number of aryl methyl sites for hydroxylation is 1. The number of anilines is 1. The molecule has 1 saturated heterocycles. The van der Waals surface area contributed by atoms with Crippen LogP contribution in [0.4, 0.5) is 5.95 Å². The Labute approximate surface area is 232 Å².